The topological polar surface area (TPSA) is 72.2 Å². The summed E-state index contributed by atoms with van der Waals surface area (Å²) in [5.41, 5.74) is 6.11. The van der Waals surface area contributed by atoms with Crippen LogP contribution in [0.3, 0.4) is 0 Å². The van der Waals surface area contributed by atoms with Gasteiger partial charge in [-0.3, -0.25) is 0 Å². The van der Waals surface area contributed by atoms with E-state index in [4.69, 9.17) is 17.3 Å². The predicted octanol–water partition coefficient (Wildman–Crippen LogP) is 2.52. The van der Waals surface area contributed by atoms with E-state index in [9.17, 15) is 8.42 Å². The first-order chi connectivity index (χ1) is 8.95. The first-order valence-corrected chi connectivity index (χ1v) is 7.31. The van der Waals surface area contributed by atoms with Crippen molar-refractivity contribution in [1.82, 2.24) is 4.72 Å². The standard InChI is InChI=1S/C7H9NO2S.C6H6ClN/c1-8-11(9,10)7-5-3-2-4-6-7;7-5-1-3-6(8)4-2-5/h2-6,8H,1H3;1-4H,8H2. The summed E-state index contributed by atoms with van der Waals surface area (Å²) in [5, 5.41) is 0.721. The summed E-state index contributed by atoms with van der Waals surface area (Å²) in [5.74, 6) is 0. The van der Waals surface area contributed by atoms with E-state index in [1.807, 2.05) is 0 Å². The van der Waals surface area contributed by atoms with Crippen LogP contribution in [0, 0.1) is 0 Å². The molecule has 0 spiro atoms. The summed E-state index contributed by atoms with van der Waals surface area (Å²) in [4.78, 5) is 0.294. The highest BCUT2D eigenvalue weighted by atomic mass is 35.5. The molecule has 2 rings (SSSR count). The molecule has 19 heavy (non-hydrogen) atoms. The van der Waals surface area contributed by atoms with E-state index in [-0.39, 0.29) is 0 Å². The summed E-state index contributed by atoms with van der Waals surface area (Å²) < 4.78 is 24.4. The Bertz CT molecular complexity index is 577. The molecule has 0 heterocycles. The molecule has 2 aromatic rings. The predicted molar refractivity (Wildman–Crippen MR) is 78.6 cm³/mol. The van der Waals surface area contributed by atoms with Crippen LogP contribution in [-0.4, -0.2) is 15.5 Å². The number of rotatable bonds is 2. The molecule has 102 valence electrons. The fourth-order valence-electron chi connectivity index (χ4n) is 1.18. The lowest BCUT2D eigenvalue weighted by molar-refractivity contribution is 0.588. The van der Waals surface area contributed by atoms with Crippen molar-refractivity contribution in [3.05, 3.63) is 59.6 Å². The Kier molecular flexibility index (Phi) is 5.82. The summed E-state index contributed by atoms with van der Waals surface area (Å²) >= 11 is 5.56. The van der Waals surface area contributed by atoms with E-state index in [1.165, 1.54) is 7.05 Å². The van der Waals surface area contributed by atoms with Crippen LogP contribution in [0.2, 0.25) is 5.02 Å². The van der Waals surface area contributed by atoms with E-state index in [2.05, 4.69) is 4.72 Å². The minimum Gasteiger partial charge on any atom is -0.399 e. The van der Waals surface area contributed by atoms with Crippen molar-refractivity contribution in [3.8, 4) is 0 Å². The molecule has 0 amide bonds. The van der Waals surface area contributed by atoms with E-state index in [0.29, 0.717) is 4.90 Å². The molecule has 0 saturated carbocycles. The van der Waals surface area contributed by atoms with Crippen molar-refractivity contribution in [3.63, 3.8) is 0 Å². The van der Waals surface area contributed by atoms with E-state index >= 15 is 0 Å². The highest BCUT2D eigenvalue weighted by Gasteiger charge is 2.08. The molecule has 0 aliphatic rings. The van der Waals surface area contributed by atoms with E-state index in [1.54, 1.807) is 54.6 Å². The lowest BCUT2D eigenvalue weighted by Crippen LogP contribution is -2.18. The minimum atomic E-state index is -3.25. The average Bonchev–Trinajstić information content (AvgIpc) is 2.44. The van der Waals surface area contributed by atoms with Crippen LogP contribution < -0.4 is 10.5 Å². The number of nitrogen functional groups attached to an aromatic ring is 1. The van der Waals surface area contributed by atoms with Gasteiger partial charge in [0.2, 0.25) is 10.0 Å². The highest BCUT2D eigenvalue weighted by molar-refractivity contribution is 7.89. The van der Waals surface area contributed by atoms with Gasteiger partial charge in [0.25, 0.3) is 0 Å². The van der Waals surface area contributed by atoms with Crippen molar-refractivity contribution >= 4 is 27.3 Å². The van der Waals surface area contributed by atoms with Gasteiger partial charge in [-0.2, -0.15) is 0 Å². The zero-order chi connectivity index (χ0) is 14.3. The molecular weight excluding hydrogens is 284 g/mol. The molecule has 0 aliphatic heterocycles. The third-order valence-corrected chi connectivity index (χ3v) is 3.87. The van der Waals surface area contributed by atoms with Crippen LogP contribution in [0.15, 0.2) is 59.5 Å². The van der Waals surface area contributed by atoms with Crippen molar-refractivity contribution in [2.45, 2.75) is 4.90 Å². The molecule has 0 saturated heterocycles. The molecule has 0 atom stereocenters. The first kappa shape index (κ1) is 15.5. The number of anilines is 1. The van der Waals surface area contributed by atoms with Crippen LogP contribution in [0.4, 0.5) is 5.69 Å². The number of sulfonamides is 1. The molecule has 0 radical (unpaired) electrons. The maximum atomic E-state index is 11.1. The minimum absolute atomic E-state index is 0.294. The Balaban J connectivity index is 0.000000200. The summed E-state index contributed by atoms with van der Waals surface area (Å²) in [6.45, 7) is 0. The Morgan fingerprint density at radius 2 is 1.53 bits per heavy atom. The molecule has 0 unspecified atom stereocenters. The summed E-state index contributed by atoms with van der Waals surface area (Å²) in [6.07, 6.45) is 0. The highest BCUT2D eigenvalue weighted by Crippen LogP contribution is 2.09. The van der Waals surface area contributed by atoms with Gasteiger partial charge in [-0.1, -0.05) is 29.8 Å². The SMILES string of the molecule is CNS(=O)(=O)c1ccccc1.Nc1ccc(Cl)cc1. The molecule has 3 N–H and O–H groups in total. The molecular formula is C13H15ClN2O2S. The van der Waals surface area contributed by atoms with Crippen LogP contribution in [0.25, 0.3) is 0 Å². The van der Waals surface area contributed by atoms with Crippen molar-refractivity contribution in [2.24, 2.45) is 0 Å². The molecule has 0 fully saturated rings. The monoisotopic (exact) mass is 298 g/mol. The number of benzene rings is 2. The fraction of sp³-hybridized carbons (Fsp3) is 0.0769. The molecule has 0 bridgehead atoms. The van der Waals surface area contributed by atoms with Gasteiger partial charge in [0.05, 0.1) is 4.90 Å². The Labute approximate surface area is 118 Å². The van der Waals surface area contributed by atoms with Gasteiger partial charge in [-0.05, 0) is 43.4 Å². The largest absolute Gasteiger partial charge is 0.399 e. The van der Waals surface area contributed by atoms with Crippen molar-refractivity contribution < 1.29 is 8.42 Å². The number of nitrogens with one attached hydrogen (secondary N) is 1. The number of nitrogens with two attached hydrogens (primary N) is 1. The zero-order valence-electron chi connectivity index (χ0n) is 10.4. The van der Waals surface area contributed by atoms with Crippen molar-refractivity contribution in [1.29, 1.82) is 0 Å². The first-order valence-electron chi connectivity index (χ1n) is 5.45. The van der Waals surface area contributed by atoms with Gasteiger partial charge in [0, 0.05) is 10.7 Å². The van der Waals surface area contributed by atoms with E-state index < -0.39 is 10.0 Å². The molecule has 6 heteroatoms. The summed E-state index contributed by atoms with van der Waals surface area (Å²) in [6, 6.07) is 15.3. The molecule has 2 aromatic carbocycles. The average molecular weight is 299 g/mol. The third-order valence-electron chi connectivity index (χ3n) is 2.19. The van der Waals surface area contributed by atoms with Crippen LogP contribution in [0.5, 0.6) is 0 Å². The van der Waals surface area contributed by atoms with Crippen molar-refractivity contribution in [2.75, 3.05) is 12.8 Å². The normalized spacial score (nSPS) is 10.4. The zero-order valence-corrected chi connectivity index (χ0v) is 11.9. The third kappa shape index (κ3) is 5.30. The fourth-order valence-corrected chi connectivity index (χ4v) is 2.06. The second-order valence-corrected chi connectivity index (χ2v) is 5.90. The molecule has 0 aromatic heterocycles. The van der Waals surface area contributed by atoms with Gasteiger partial charge < -0.3 is 5.73 Å². The van der Waals surface area contributed by atoms with Gasteiger partial charge in [-0.15, -0.1) is 0 Å². The number of halogens is 1. The maximum Gasteiger partial charge on any atom is 0.240 e. The van der Waals surface area contributed by atoms with Crippen LogP contribution in [-0.2, 0) is 10.0 Å². The summed E-state index contributed by atoms with van der Waals surface area (Å²) in [7, 11) is -1.86. The molecule has 0 aliphatic carbocycles. The van der Waals surface area contributed by atoms with Gasteiger partial charge in [0.15, 0.2) is 0 Å². The Morgan fingerprint density at radius 3 is 1.95 bits per heavy atom. The lowest BCUT2D eigenvalue weighted by Gasteiger charge is -1.99. The quantitative estimate of drug-likeness (QED) is 0.837. The Hall–Kier alpha value is -1.56. The Morgan fingerprint density at radius 1 is 1.00 bits per heavy atom. The number of hydrogen-bond donors (Lipinski definition) is 2. The second kappa shape index (κ2) is 7.13. The lowest BCUT2D eigenvalue weighted by atomic mass is 10.3. The molecule has 4 nitrogen and oxygen atoms in total. The van der Waals surface area contributed by atoms with E-state index in [0.717, 1.165) is 10.7 Å². The van der Waals surface area contributed by atoms with Gasteiger partial charge in [0.1, 0.15) is 0 Å². The second-order valence-electron chi connectivity index (χ2n) is 3.57. The smallest absolute Gasteiger partial charge is 0.240 e. The van der Waals surface area contributed by atoms with Crippen LogP contribution in [0.1, 0.15) is 0 Å². The van der Waals surface area contributed by atoms with Crippen LogP contribution >= 0.6 is 11.6 Å². The van der Waals surface area contributed by atoms with Gasteiger partial charge >= 0.3 is 0 Å². The maximum absolute atomic E-state index is 11.1. The van der Waals surface area contributed by atoms with Gasteiger partial charge in [-0.25, -0.2) is 13.1 Å². The number of hydrogen-bond acceptors (Lipinski definition) is 3.